The Balaban J connectivity index is 2.63. The van der Waals surface area contributed by atoms with Crippen LogP contribution < -0.4 is 10.6 Å². The van der Waals surface area contributed by atoms with Gasteiger partial charge in [0.25, 0.3) is 5.91 Å². The van der Waals surface area contributed by atoms with Gasteiger partial charge in [-0.1, -0.05) is 17.7 Å². The molecule has 0 aliphatic heterocycles. The third-order valence-corrected chi connectivity index (χ3v) is 2.37. The lowest BCUT2D eigenvalue weighted by molar-refractivity contribution is -0.122. The smallest absolute Gasteiger partial charge is 0.251 e. The van der Waals surface area contributed by atoms with Crippen molar-refractivity contribution in [3.8, 4) is 0 Å². The zero-order chi connectivity index (χ0) is 12.8. The summed E-state index contributed by atoms with van der Waals surface area (Å²) >= 11 is 0. The van der Waals surface area contributed by atoms with Gasteiger partial charge in [-0.05, 0) is 32.9 Å². The molecule has 17 heavy (non-hydrogen) atoms. The first-order chi connectivity index (χ1) is 8.04. The molecule has 0 fully saturated rings. The number of hydrogen-bond donors (Lipinski definition) is 2. The molecule has 1 atom stereocenters. The van der Waals surface area contributed by atoms with Gasteiger partial charge in [0.2, 0.25) is 5.91 Å². The lowest BCUT2D eigenvalue weighted by atomic mass is 10.1. The first-order valence-electron chi connectivity index (χ1n) is 5.69. The molecule has 4 nitrogen and oxygen atoms in total. The summed E-state index contributed by atoms with van der Waals surface area (Å²) < 4.78 is 0. The maximum absolute atomic E-state index is 11.8. The SMILES string of the molecule is CCNC(=O)[C@@H](C)NC(=O)c1cccc(C)c1. The lowest BCUT2D eigenvalue weighted by Gasteiger charge is -2.13. The quantitative estimate of drug-likeness (QED) is 0.823. The van der Waals surface area contributed by atoms with Crippen molar-refractivity contribution in [1.29, 1.82) is 0 Å². The first-order valence-corrected chi connectivity index (χ1v) is 5.69. The van der Waals surface area contributed by atoms with Crippen molar-refractivity contribution in [3.63, 3.8) is 0 Å². The first kappa shape index (κ1) is 13.2. The Morgan fingerprint density at radius 1 is 1.35 bits per heavy atom. The van der Waals surface area contributed by atoms with Crippen molar-refractivity contribution in [2.45, 2.75) is 26.8 Å². The summed E-state index contributed by atoms with van der Waals surface area (Å²) in [5, 5.41) is 5.32. The Morgan fingerprint density at radius 2 is 2.06 bits per heavy atom. The molecular weight excluding hydrogens is 216 g/mol. The molecule has 0 aliphatic rings. The largest absolute Gasteiger partial charge is 0.355 e. The Hall–Kier alpha value is -1.84. The maximum atomic E-state index is 11.8. The van der Waals surface area contributed by atoms with E-state index < -0.39 is 6.04 Å². The van der Waals surface area contributed by atoms with E-state index in [1.54, 1.807) is 19.1 Å². The lowest BCUT2D eigenvalue weighted by Crippen LogP contribution is -2.44. The summed E-state index contributed by atoms with van der Waals surface area (Å²) in [5.74, 6) is -0.402. The van der Waals surface area contributed by atoms with Crippen LogP contribution in [0.4, 0.5) is 0 Å². The van der Waals surface area contributed by atoms with Gasteiger partial charge in [0.1, 0.15) is 6.04 Å². The Kier molecular flexibility index (Phi) is 4.69. The van der Waals surface area contributed by atoms with Crippen molar-refractivity contribution < 1.29 is 9.59 Å². The Bertz CT molecular complexity index is 416. The van der Waals surface area contributed by atoms with Crippen LogP contribution in [0, 0.1) is 6.92 Å². The highest BCUT2D eigenvalue weighted by atomic mass is 16.2. The number of carbonyl (C=O) groups excluding carboxylic acids is 2. The predicted molar refractivity (Wildman–Crippen MR) is 66.8 cm³/mol. The number of likely N-dealkylation sites (N-methyl/N-ethyl adjacent to an activating group) is 1. The van der Waals surface area contributed by atoms with Gasteiger partial charge >= 0.3 is 0 Å². The van der Waals surface area contributed by atoms with Crippen molar-refractivity contribution in [2.75, 3.05) is 6.54 Å². The van der Waals surface area contributed by atoms with Crippen LogP contribution in [0.5, 0.6) is 0 Å². The number of rotatable bonds is 4. The highest BCUT2D eigenvalue weighted by molar-refractivity contribution is 5.97. The molecule has 0 radical (unpaired) electrons. The second-order valence-corrected chi connectivity index (χ2v) is 3.96. The third-order valence-electron chi connectivity index (χ3n) is 2.37. The standard InChI is InChI=1S/C13H18N2O2/c1-4-14-12(16)10(3)15-13(17)11-7-5-6-9(2)8-11/h5-8,10H,4H2,1-3H3,(H,14,16)(H,15,17)/t10-/m1/s1. The van der Waals surface area contributed by atoms with E-state index in [1.165, 1.54) is 0 Å². The highest BCUT2D eigenvalue weighted by Gasteiger charge is 2.15. The van der Waals surface area contributed by atoms with Crippen molar-refractivity contribution >= 4 is 11.8 Å². The van der Waals surface area contributed by atoms with E-state index in [1.807, 2.05) is 26.0 Å². The molecule has 92 valence electrons. The van der Waals surface area contributed by atoms with Crippen molar-refractivity contribution in [3.05, 3.63) is 35.4 Å². The van der Waals surface area contributed by atoms with E-state index in [4.69, 9.17) is 0 Å². The van der Waals surface area contributed by atoms with Crippen LogP contribution in [-0.2, 0) is 4.79 Å². The van der Waals surface area contributed by atoms with Crippen LogP contribution >= 0.6 is 0 Å². The van der Waals surface area contributed by atoms with Crippen LogP contribution in [0.15, 0.2) is 24.3 Å². The minimum Gasteiger partial charge on any atom is -0.355 e. The molecule has 2 N–H and O–H groups in total. The summed E-state index contributed by atoms with van der Waals surface area (Å²) in [4.78, 5) is 23.3. The van der Waals surface area contributed by atoms with E-state index in [0.717, 1.165) is 5.56 Å². The molecule has 0 heterocycles. The number of hydrogen-bond acceptors (Lipinski definition) is 2. The van der Waals surface area contributed by atoms with E-state index in [2.05, 4.69) is 10.6 Å². The van der Waals surface area contributed by atoms with E-state index in [0.29, 0.717) is 12.1 Å². The minimum absolute atomic E-state index is 0.173. The molecule has 1 aromatic rings. The molecule has 2 amide bonds. The molecule has 0 bridgehead atoms. The third kappa shape index (κ3) is 3.90. The van der Waals surface area contributed by atoms with Gasteiger partial charge in [0.05, 0.1) is 0 Å². The van der Waals surface area contributed by atoms with Gasteiger partial charge in [0.15, 0.2) is 0 Å². The molecule has 0 saturated heterocycles. The average molecular weight is 234 g/mol. The number of benzene rings is 1. The molecule has 1 aromatic carbocycles. The molecule has 0 saturated carbocycles. The summed E-state index contributed by atoms with van der Waals surface area (Å²) in [5.41, 5.74) is 1.59. The second-order valence-electron chi connectivity index (χ2n) is 3.96. The van der Waals surface area contributed by atoms with Gasteiger partial charge in [-0.15, -0.1) is 0 Å². The molecule has 0 spiro atoms. The highest BCUT2D eigenvalue weighted by Crippen LogP contribution is 2.03. The molecule has 0 aliphatic carbocycles. The maximum Gasteiger partial charge on any atom is 0.251 e. The fraction of sp³-hybridized carbons (Fsp3) is 0.385. The zero-order valence-corrected chi connectivity index (χ0v) is 10.4. The number of carbonyl (C=O) groups is 2. The van der Waals surface area contributed by atoms with E-state index >= 15 is 0 Å². The van der Waals surface area contributed by atoms with E-state index in [9.17, 15) is 9.59 Å². The van der Waals surface area contributed by atoms with Gasteiger partial charge in [-0.25, -0.2) is 0 Å². The molecular formula is C13H18N2O2. The Morgan fingerprint density at radius 3 is 2.65 bits per heavy atom. The van der Waals surface area contributed by atoms with Crippen LogP contribution in [0.25, 0.3) is 0 Å². The number of nitrogens with one attached hydrogen (secondary N) is 2. The van der Waals surface area contributed by atoms with Gasteiger partial charge in [-0.3, -0.25) is 9.59 Å². The van der Waals surface area contributed by atoms with Crippen LogP contribution in [-0.4, -0.2) is 24.4 Å². The fourth-order valence-electron chi connectivity index (χ4n) is 1.46. The summed E-state index contributed by atoms with van der Waals surface area (Å²) in [6.07, 6.45) is 0. The molecule has 0 aromatic heterocycles. The minimum atomic E-state index is -0.525. The van der Waals surface area contributed by atoms with Gasteiger partial charge in [0, 0.05) is 12.1 Å². The fourth-order valence-corrected chi connectivity index (χ4v) is 1.46. The average Bonchev–Trinajstić information content (AvgIpc) is 2.29. The number of aryl methyl sites for hydroxylation is 1. The topological polar surface area (TPSA) is 58.2 Å². The van der Waals surface area contributed by atoms with Crippen LogP contribution in [0.2, 0.25) is 0 Å². The normalized spacial score (nSPS) is 11.7. The summed E-state index contributed by atoms with van der Waals surface area (Å²) in [6.45, 7) is 5.99. The summed E-state index contributed by atoms with van der Waals surface area (Å²) in [6, 6.07) is 6.74. The number of amides is 2. The second kappa shape index (κ2) is 6.03. The van der Waals surface area contributed by atoms with Crippen LogP contribution in [0.1, 0.15) is 29.8 Å². The Labute approximate surface area is 101 Å². The monoisotopic (exact) mass is 234 g/mol. The molecule has 1 rings (SSSR count). The van der Waals surface area contributed by atoms with E-state index in [-0.39, 0.29) is 11.8 Å². The van der Waals surface area contributed by atoms with Crippen molar-refractivity contribution in [2.24, 2.45) is 0 Å². The summed E-state index contributed by atoms with van der Waals surface area (Å²) in [7, 11) is 0. The van der Waals surface area contributed by atoms with Crippen molar-refractivity contribution in [1.82, 2.24) is 10.6 Å². The van der Waals surface area contributed by atoms with Crippen LogP contribution in [0.3, 0.4) is 0 Å². The predicted octanol–water partition coefficient (Wildman–Crippen LogP) is 1.25. The molecule has 4 heteroatoms. The zero-order valence-electron chi connectivity index (χ0n) is 10.4. The molecule has 0 unspecified atom stereocenters. The van der Waals surface area contributed by atoms with Gasteiger partial charge < -0.3 is 10.6 Å². The van der Waals surface area contributed by atoms with Gasteiger partial charge in [-0.2, -0.15) is 0 Å².